The average Bonchev–Trinajstić information content (AvgIpc) is 3.44. The molecule has 0 bridgehead atoms. The van der Waals surface area contributed by atoms with Crippen LogP contribution in [0.25, 0.3) is 53.2 Å². The van der Waals surface area contributed by atoms with Gasteiger partial charge in [-0.15, -0.1) is 11.3 Å². The molecule has 0 saturated carbocycles. The molecule has 204 valence electrons. The highest BCUT2D eigenvalue weighted by Gasteiger charge is 2.19. The molecule has 0 fully saturated rings. The molecule has 0 atom stereocenters. The van der Waals surface area contributed by atoms with E-state index in [1.165, 1.54) is 53.2 Å². The lowest BCUT2D eigenvalue weighted by atomic mass is 10.00. The summed E-state index contributed by atoms with van der Waals surface area (Å²) in [5.74, 6) is 0. The van der Waals surface area contributed by atoms with Gasteiger partial charge >= 0.3 is 0 Å². The highest BCUT2D eigenvalue weighted by Crippen LogP contribution is 2.47. The normalized spacial score (nSPS) is 11.4. The van der Waals surface area contributed by atoms with Gasteiger partial charge in [0.2, 0.25) is 0 Å². The molecule has 1 nitrogen and oxygen atoms in total. The standard InChI is InChI=1S/C40H26ClNS/c41-31-19-24-36-38(25-31)43-39-26-37(34-13-7-8-14-35(34)40(36)39)42(32-20-15-29(16-21-32)27-9-3-1-4-10-27)33-22-17-30(18-23-33)28-11-5-2-6-12-28/h1-26H. The molecule has 0 saturated heterocycles. The first-order chi connectivity index (χ1) is 21.2. The van der Waals surface area contributed by atoms with Gasteiger partial charge in [-0.05, 0) is 70.1 Å². The highest BCUT2D eigenvalue weighted by molar-refractivity contribution is 7.26. The minimum atomic E-state index is 0.766. The number of rotatable bonds is 5. The first kappa shape index (κ1) is 25.8. The third kappa shape index (κ3) is 4.66. The Bertz CT molecular complexity index is 2140. The second kappa shape index (κ2) is 10.7. The van der Waals surface area contributed by atoms with Crippen LogP contribution in [-0.4, -0.2) is 0 Å². The monoisotopic (exact) mass is 587 g/mol. The number of nitrogens with zero attached hydrogens (tertiary/aromatic N) is 1. The third-order valence-electron chi connectivity index (χ3n) is 8.13. The summed E-state index contributed by atoms with van der Waals surface area (Å²) in [4.78, 5) is 2.39. The van der Waals surface area contributed by atoms with E-state index in [-0.39, 0.29) is 0 Å². The molecule has 0 spiro atoms. The summed E-state index contributed by atoms with van der Waals surface area (Å²) in [6.45, 7) is 0. The molecule has 1 heterocycles. The zero-order valence-electron chi connectivity index (χ0n) is 23.2. The van der Waals surface area contributed by atoms with Crippen molar-refractivity contribution in [2.75, 3.05) is 4.90 Å². The fourth-order valence-corrected chi connectivity index (χ4v) is 7.51. The van der Waals surface area contributed by atoms with Gasteiger partial charge in [-0.2, -0.15) is 0 Å². The predicted octanol–water partition coefficient (Wildman–Crippen LogP) is 12.7. The quantitative estimate of drug-likeness (QED) is 0.193. The Morgan fingerprint density at radius 2 is 0.930 bits per heavy atom. The Hall–Kier alpha value is -4.89. The molecule has 8 rings (SSSR count). The van der Waals surface area contributed by atoms with E-state index < -0.39 is 0 Å². The van der Waals surface area contributed by atoms with Crippen molar-refractivity contribution in [1.82, 2.24) is 0 Å². The molecule has 43 heavy (non-hydrogen) atoms. The number of halogens is 1. The fraction of sp³-hybridized carbons (Fsp3) is 0. The minimum Gasteiger partial charge on any atom is -0.310 e. The van der Waals surface area contributed by atoms with E-state index in [9.17, 15) is 0 Å². The molecular formula is C40H26ClNS. The van der Waals surface area contributed by atoms with Gasteiger partial charge in [0.15, 0.2) is 0 Å². The molecule has 0 N–H and O–H groups in total. The van der Waals surface area contributed by atoms with E-state index in [0.29, 0.717) is 0 Å². The minimum absolute atomic E-state index is 0.766. The van der Waals surface area contributed by atoms with Gasteiger partial charge in [-0.25, -0.2) is 0 Å². The fourth-order valence-electron chi connectivity index (χ4n) is 6.07. The van der Waals surface area contributed by atoms with Gasteiger partial charge in [-0.3, -0.25) is 0 Å². The summed E-state index contributed by atoms with van der Waals surface area (Å²) >= 11 is 8.22. The van der Waals surface area contributed by atoms with Crippen molar-refractivity contribution in [3.05, 3.63) is 163 Å². The number of hydrogen-bond donors (Lipinski definition) is 0. The van der Waals surface area contributed by atoms with E-state index in [1.807, 2.05) is 6.07 Å². The van der Waals surface area contributed by atoms with Gasteiger partial charge in [0.25, 0.3) is 0 Å². The molecule has 0 unspecified atom stereocenters. The lowest BCUT2D eigenvalue weighted by Gasteiger charge is -2.27. The van der Waals surface area contributed by atoms with E-state index in [1.54, 1.807) is 11.3 Å². The first-order valence-electron chi connectivity index (χ1n) is 14.4. The van der Waals surface area contributed by atoms with Crippen molar-refractivity contribution in [2.45, 2.75) is 0 Å². The maximum absolute atomic E-state index is 6.42. The second-order valence-electron chi connectivity index (χ2n) is 10.7. The molecule has 3 heteroatoms. The molecule has 7 aromatic carbocycles. The van der Waals surface area contributed by atoms with Crippen LogP contribution in [0.3, 0.4) is 0 Å². The number of hydrogen-bond acceptors (Lipinski definition) is 2. The van der Waals surface area contributed by atoms with E-state index in [0.717, 1.165) is 22.1 Å². The first-order valence-corrected chi connectivity index (χ1v) is 15.6. The average molecular weight is 588 g/mol. The molecule has 0 amide bonds. The SMILES string of the molecule is Clc1ccc2c(c1)sc1cc(N(c3ccc(-c4ccccc4)cc3)c3ccc(-c4ccccc4)cc3)c3ccccc3c12. The molecule has 0 radical (unpaired) electrons. The number of fused-ring (bicyclic) bond motifs is 5. The third-order valence-corrected chi connectivity index (χ3v) is 9.46. The largest absolute Gasteiger partial charge is 0.310 e. The summed E-state index contributed by atoms with van der Waals surface area (Å²) in [6, 6.07) is 56.3. The smallest absolute Gasteiger partial charge is 0.0554 e. The van der Waals surface area contributed by atoms with Crippen LogP contribution in [0.5, 0.6) is 0 Å². The Labute approximate surface area is 259 Å². The van der Waals surface area contributed by atoms with Crippen molar-refractivity contribution in [2.24, 2.45) is 0 Å². The Morgan fingerprint density at radius 1 is 0.419 bits per heavy atom. The van der Waals surface area contributed by atoms with Crippen LogP contribution in [0, 0.1) is 0 Å². The molecule has 1 aromatic heterocycles. The van der Waals surface area contributed by atoms with Crippen LogP contribution in [-0.2, 0) is 0 Å². The van der Waals surface area contributed by atoms with Crippen molar-refractivity contribution < 1.29 is 0 Å². The van der Waals surface area contributed by atoms with Gasteiger partial charge < -0.3 is 4.90 Å². The van der Waals surface area contributed by atoms with Crippen molar-refractivity contribution in [3.63, 3.8) is 0 Å². The maximum atomic E-state index is 6.42. The van der Waals surface area contributed by atoms with Crippen molar-refractivity contribution in [3.8, 4) is 22.3 Å². The molecule has 0 aliphatic heterocycles. The van der Waals surface area contributed by atoms with Crippen LogP contribution in [0.4, 0.5) is 17.1 Å². The molecule has 0 aliphatic carbocycles. The maximum Gasteiger partial charge on any atom is 0.0554 e. The van der Waals surface area contributed by atoms with Gasteiger partial charge in [0.05, 0.1) is 5.69 Å². The summed E-state index contributed by atoms with van der Waals surface area (Å²) in [5.41, 5.74) is 8.20. The summed E-state index contributed by atoms with van der Waals surface area (Å²) in [5, 5.41) is 5.76. The van der Waals surface area contributed by atoms with Crippen molar-refractivity contribution in [1.29, 1.82) is 0 Å². The number of anilines is 3. The Morgan fingerprint density at radius 3 is 1.51 bits per heavy atom. The van der Waals surface area contributed by atoms with Crippen LogP contribution >= 0.6 is 22.9 Å². The van der Waals surface area contributed by atoms with Crippen molar-refractivity contribution >= 4 is 70.9 Å². The van der Waals surface area contributed by atoms with E-state index in [2.05, 4.69) is 157 Å². The lowest BCUT2D eigenvalue weighted by Crippen LogP contribution is -2.10. The van der Waals surface area contributed by atoms with Gasteiger partial charge in [-0.1, -0.05) is 127 Å². The summed E-state index contributed by atoms with van der Waals surface area (Å²) in [6.07, 6.45) is 0. The van der Waals surface area contributed by atoms with Gasteiger partial charge in [0.1, 0.15) is 0 Å². The highest BCUT2D eigenvalue weighted by atomic mass is 35.5. The summed E-state index contributed by atoms with van der Waals surface area (Å²) in [7, 11) is 0. The van der Waals surface area contributed by atoms with Crippen LogP contribution in [0.1, 0.15) is 0 Å². The Kier molecular flexibility index (Phi) is 6.44. The van der Waals surface area contributed by atoms with Crippen LogP contribution in [0.15, 0.2) is 158 Å². The molecular weight excluding hydrogens is 562 g/mol. The van der Waals surface area contributed by atoms with Crippen LogP contribution < -0.4 is 4.90 Å². The second-order valence-corrected chi connectivity index (χ2v) is 12.2. The number of benzene rings is 7. The zero-order valence-corrected chi connectivity index (χ0v) is 24.8. The molecule has 8 aromatic rings. The topological polar surface area (TPSA) is 3.24 Å². The zero-order chi connectivity index (χ0) is 28.8. The summed E-state index contributed by atoms with van der Waals surface area (Å²) < 4.78 is 2.45. The van der Waals surface area contributed by atoms with E-state index >= 15 is 0 Å². The number of thiophene rings is 1. The van der Waals surface area contributed by atoms with Crippen LogP contribution in [0.2, 0.25) is 5.02 Å². The lowest BCUT2D eigenvalue weighted by molar-refractivity contribution is 1.30. The predicted molar refractivity (Wildman–Crippen MR) is 187 cm³/mol. The Balaban J connectivity index is 1.35. The van der Waals surface area contributed by atoms with E-state index in [4.69, 9.17) is 11.6 Å². The molecule has 0 aliphatic rings. The van der Waals surface area contributed by atoms with Gasteiger partial charge in [0, 0.05) is 42.0 Å².